The summed E-state index contributed by atoms with van der Waals surface area (Å²) >= 11 is 29.8. The molecule has 19 nitrogen and oxygen atoms in total. The van der Waals surface area contributed by atoms with Crippen molar-refractivity contribution in [2.45, 2.75) is 0 Å². The summed E-state index contributed by atoms with van der Waals surface area (Å²) in [6.45, 7) is 0. The van der Waals surface area contributed by atoms with Crippen molar-refractivity contribution in [2.24, 2.45) is 0 Å². The van der Waals surface area contributed by atoms with Crippen molar-refractivity contribution in [3.63, 3.8) is 0 Å². The van der Waals surface area contributed by atoms with Gasteiger partial charge in [-0.05, 0) is 5.41 Å². The van der Waals surface area contributed by atoms with Crippen LogP contribution < -0.4 is 4.90 Å². The van der Waals surface area contributed by atoms with Crippen LogP contribution in [-0.4, -0.2) is 95.6 Å². The third kappa shape index (κ3) is 11.6. The molecular weight excluding hydrogens is 1560 g/mol. The summed E-state index contributed by atoms with van der Waals surface area (Å²) in [6, 6.07) is 0. The summed E-state index contributed by atoms with van der Waals surface area (Å²) in [7, 11) is 0. The Morgan fingerprint density at radius 1 is 0.232 bits per heavy atom. The van der Waals surface area contributed by atoms with Crippen LogP contribution in [0.15, 0.2) is 114 Å². The highest BCUT2D eigenvalue weighted by molar-refractivity contribution is 8.02. The number of rotatable bonds is 18. The average Bonchev–Trinajstić information content (AvgIpc) is 1.74. The number of thiazole rings is 18. The largest absolute Gasteiger partial charge is 0.312 e. The monoisotopic (exact) mass is 1580 g/mol. The number of hydrogen-bond acceptors (Lipinski definition) is 38. The van der Waals surface area contributed by atoms with Crippen molar-refractivity contribution >= 4 is 227 Å². The molecule has 18 aromatic heterocycles. The highest BCUT2D eigenvalue weighted by atomic mass is 32.2. The van der Waals surface area contributed by atoms with E-state index >= 15 is 0 Å². The van der Waals surface area contributed by atoms with Gasteiger partial charge >= 0.3 is 0 Å². The molecule has 1 aliphatic rings. The Morgan fingerprint density at radius 2 is 0.453 bits per heavy atom. The van der Waals surface area contributed by atoms with Crippen LogP contribution >= 0.6 is 216 Å². The van der Waals surface area contributed by atoms with Crippen molar-refractivity contribution < 1.29 is 0 Å². The molecule has 0 fully saturated rings. The van der Waals surface area contributed by atoms with Gasteiger partial charge in [0, 0.05) is 103 Å². The number of thioether (sulfide) groups is 1. The molecule has 0 bridgehead atoms. The van der Waals surface area contributed by atoms with Crippen molar-refractivity contribution in [3.8, 4) is 171 Å². The molecule has 19 rings (SSSR count). The van der Waals surface area contributed by atoms with Gasteiger partial charge in [-0.15, -0.1) is 216 Å². The van der Waals surface area contributed by atoms with Crippen LogP contribution in [0.2, 0.25) is 0 Å². The lowest BCUT2D eigenvalue weighted by molar-refractivity contribution is 1.14. The minimum atomic E-state index is 0.796. The van der Waals surface area contributed by atoms with Crippen molar-refractivity contribution in [1.29, 1.82) is 0 Å². The summed E-state index contributed by atoms with van der Waals surface area (Å²) in [5, 5.41) is 53.0. The average molecular weight is 1580 g/mol. The van der Waals surface area contributed by atoms with Crippen molar-refractivity contribution in [1.82, 2.24) is 89.7 Å². The van der Waals surface area contributed by atoms with Crippen LogP contribution in [0.1, 0.15) is 5.01 Å². The van der Waals surface area contributed by atoms with Gasteiger partial charge in [0.25, 0.3) is 0 Å². The van der Waals surface area contributed by atoms with Gasteiger partial charge in [-0.3, -0.25) is 0 Å². The third-order valence-electron chi connectivity index (χ3n) is 13.6. The van der Waals surface area contributed by atoms with E-state index in [-0.39, 0.29) is 0 Å². The first kappa shape index (κ1) is 59.5. The number of nitrogens with zero attached hydrogens (tertiary/aromatic N) is 19. The number of hydrogen-bond donors (Lipinski definition) is 0. The highest BCUT2D eigenvalue weighted by Gasteiger charge is 2.26. The van der Waals surface area contributed by atoms with E-state index in [1.807, 2.05) is 91.6 Å². The van der Waals surface area contributed by atoms with E-state index in [0.29, 0.717) is 0 Å². The fraction of sp³-hybridized carbons (Fsp3) is 0.0175. The van der Waals surface area contributed by atoms with Crippen LogP contribution in [-0.2, 0) is 0 Å². The molecule has 0 unspecified atom stereocenters. The van der Waals surface area contributed by atoms with E-state index in [1.165, 1.54) is 0 Å². The zero-order valence-electron chi connectivity index (χ0n) is 46.6. The molecule has 0 amide bonds. The predicted molar refractivity (Wildman–Crippen MR) is 405 cm³/mol. The standard InChI is InChI=1S/C57H23N19S19/c1-2-79-41(58-1)23-3-80-42(60-23)24-4-81-43(61-24)25-5-82-44(62-25)26-6-83-45(63-26)27-7-84-46(64-27)28-8-85-47(65-28)29-9-86-48(66-29)30-10-87-49(67-30)31-11-88-50(68-31)32-12-89-51(69-32)33-13-90-52(70-33)34-14-91-53(71-34)35-15-92-54(72-35)36-16-93-55(73-36)37-17-94-56(74-37)38-18-95-57(75-38)39-19-78-22-76(39)40-20-77-21-59-40/h1-21H,22H2. The first-order chi connectivity index (χ1) is 46.9. The number of anilines is 1. The molecule has 1 aliphatic heterocycles. The Bertz CT molecular complexity index is 5790. The van der Waals surface area contributed by atoms with Crippen LogP contribution in [0.4, 0.5) is 5.82 Å². The third-order valence-corrected chi connectivity index (χ3v) is 29.6. The second-order valence-electron chi connectivity index (χ2n) is 19.5. The molecule has 38 heteroatoms. The van der Waals surface area contributed by atoms with Gasteiger partial charge in [0.05, 0.1) is 17.1 Å². The molecule has 0 aromatic carbocycles. The molecule has 0 spiro atoms. The molecule has 0 atom stereocenters. The van der Waals surface area contributed by atoms with Gasteiger partial charge in [-0.2, -0.15) is 0 Å². The van der Waals surface area contributed by atoms with E-state index < -0.39 is 0 Å². The van der Waals surface area contributed by atoms with E-state index in [4.69, 9.17) is 79.7 Å². The van der Waals surface area contributed by atoms with Crippen LogP contribution in [0.5, 0.6) is 0 Å². The fourth-order valence-corrected chi connectivity index (χ4v) is 24.8. The normalized spacial score (nSPS) is 12.6. The summed E-state index contributed by atoms with van der Waals surface area (Å²) in [5.41, 5.74) is 16.0. The summed E-state index contributed by atoms with van der Waals surface area (Å²) in [6.07, 6.45) is 1.79. The first-order valence-corrected chi connectivity index (χ1v) is 44.1. The summed E-state index contributed by atoms with van der Waals surface area (Å²) in [4.78, 5) is 90.3. The van der Waals surface area contributed by atoms with E-state index in [0.717, 1.165) is 194 Å². The van der Waals surface area contributed by atoms with Gasteiger partial charge in [0.1, 0.15) is 182 Å². The molecule has 18 aromatic rings. The minimum absolute atomic E-state index is 0.796. The Labute approximate surface area is 610 Å². The number of aromatic nitrogens is 18. The minimum Gasteiger partial charge on any atom is -0.312 e. The van der Waals surface area contributed by atoms with Crippen molar-refractivity contribution in [2.75, 3.05) is 10.8 Å². The van der Waals surface area contributed by atoms with Crippen LogP contribution in [0.3, 0.4) is 0 Å². The van der Waals surface area contributed by atoms with E-state index in [2.05, 4.69) is 31.0 Å². The maximum atomic E-state index is 4.99. The lowest BCUT2D eigenvalue weighted by Gasteiger charge is -2.16. The summed E-state index contributed by atoms with van der Waals surface area (Å²) < 4.78 is 0. The zero-order chi connectivity index (χ0) is 62.5. The van der Waals surface area contributed by atoms with Gasteiger partial charge in [0.2, 0.25) is 0 Å². The second-order valence-corrected chi connectivity index (χ2v) is 35.7. The topological polar surface area (TPSA) is 235 Å². The van der Waals surface area contributed by atoms with Crippen LogP contribution in [0, 0.1) is 0 Å². The van der Waals surface area contributed by atoms with E-state index in [9.17, 15) is 0 Å². The van der Waals surface area contributed by atoms with Gasteiger partial charge < -0.3 is 4.90 Å². The molecule has 95 heavy (non-hydrogen) atoms. The van der Waals surface area contributed by atoms with Crippen molar-refractivity contribution in [3.05, 3.63) is 119 Å². The molecule has 0 aliphatic carbocycles. The zero-order valence-corrected chi connectivity index (χ0v) is 62.1. The molecule has 0 radical (unpaired) electrons. The Morgan fingerprint density at radius 3 is 0.663 bits per heavy atom. The maximum absolute atomic E-state index is 4.99. The maximum Gasteiger partial charge on any atom is 0.144 e. The second kappa shape index (κ2) is 25.3. The molecule has 0 saturated heterocycles. The lowest BCUT2D eigenvalue weighted by atomic mass is 10.4. The molecule has 0 N–H and O–H groups in total. The summed E-state index contributed by atoms with van der Waals surface area (Å²) in [5.74, 6) is 1.77. The smallest absolute Gasteiger partial charge is 0.144 e. The Kier molecular flexibility index (Phi) is 15.8. The molecule has 460 valence electrons. The molecule has 19 heterocycles. The SMILES string of the molecule is C1=C(c2nc(-c3nc(-c4nc(-c5nc(-c6nc(-c7nc(-c8nc(-c9nc(-c%10nc(-c%11nc(-c%12nc(-c%13nc(-c%14nc(-c%15nc(-c%16nc(-c%17nc(-c%18nccs%18)cs%17)cs%16)cs%15)cs%14)cs%13)cs%12)cs%11)cs%10)cs9)cs8)cs7)cs6)cs5)cs4)cs3)cs2)N(c2cscn2)CS1. The first-order valence-electron chi connectivity index (χ1n) is 27.1. The van der Waals surface area contributed by atoms with E-state index in [1.54, 1.807) is 222 Å². The predicted octanol–water partition coefficient (Wildman–Crippen LogP) is 21.1. The Hall–Kier alpha value is -6.77. The van der Waals surface area contributed by atoms with Gasteiger partial charge in [0.15, 0.2) is 0 Å². The lowest BCUT2D eigenvalue weighted by Crippen LogP contribution is -2.16. The van der Waals surface area contributed by atoms with Gasteiger partial charge in [-0.1, -0.05) is 0 Å². The highest BCUT2D eigenvalue weighted by Crippen LogP contribution is 2.44. The quantitative estimate of drug-likeness (QED) is 0.0776. The molecule has 0 saturated carbocycles. The fourth-order valence-electron chi connectivity index (χ4n) is 9.20. The Balaban J connectivity index is 0.470. The van der Waals surface area contributed by atoms with Gasteiger partial charge in [-0.25, -0.2) is 89.7 Å². The molecular formula is C57H23N19S19. The van der Waals surface area contributed by atoms with Crippen LogP contribution in [0.25, 0.3) is 177 Å².